The summed E-state index contributed by atoms with van der Waals surface area (Å²) in [4.78, 5) is 37.5. The second-order valence-electron chi connectivity index (χ2n) is 11.2. The number of nitrogens with one attached hydrogen (secondary N) is 3. The summed E-state index contributed by atoms with van der Waals surface area (Å²) in [5, 5.41) is 9.94. The van der Waals surface area contributed by atoms with Crippen molar-refractivity contribution in [1.29, 1.82) is 0 Å². The molecule has 3 aliphatic rings. The number of anilines is 5. The summed E-state index contributed by atoms with van der Waals surface area (Å²) in [7, 11) is 0. The zero-order chi connectivity index (χ0) is 29.3. The first-order valence-corrected chi connectivity index (χ1v) is 14.6. The van der Waals surface area contributed by atoms with Gasteiger partial charge in [-0.3, -0.25) is 9.59 Å². The third-order valence-electron chi connectivity index (χ3n) is 8.24. The largest absolute Gasteiger partial charge is 0.454 e. The number of amides is 2. The fraction of sp³-hybridized carbons (Fsp3) is 0.273. The first kappa shape index (κ1) is 26.8. The van der Waals surface area contributed by atoms with E-state index in [0.29, 0.717) is 48.9 Å². The molecule has 0 unspecified atom stereocenters. The third kappa shape index (κ3) is 5.68. The van der Waals surface area contributed by atoms with Gasteiger partial charge in [-0.2, -0.15) is 4.98 Å². The quantitative estimate of drug-likeness (QED) is 0.289. The van der Waals surface area contributed by atoms with Gasteiger partial charge in [-0.05, 0) is 92.3 Å². The molecule has 4 heterocycles. The topological polar surface area (TPSA) is 118 Å². The van der Waals surface area contributed by atoms with Crippen molar-refractivity contribution >= 4 is 40.6 Å². The van der Waals surface area contributed by atoms with Crippen molar-refractivity contribution in [2.75, 3.05) is 35.8 Å². The van der Waals surface area contributed by atoms with Gasteiger partial charge in [0, 0.05) is 53.4 Å². The average Bonchev–Trinajstić information content (AvgIpc) is 3.50. The van der Waals surface area contributed by atoms with Crippen molar-refractivity contribution < 1.29 is 19.1 Å². The minimum absolute atomic E-state index is 0.0162. The number of benzene rings is 3. The number of fused-ring (bicyclic) bond motifs is 7. The molecule has 3 N–H and O–H groups in total. The van der Waals surface area contributed by atoms with Gasteiger partial charge in [0.1, 0.15) is 5.82 Å². The molecule has 3 aliphatic heterocycles. The molecular weight excluding hydrogens is 544 g/mol. The van der Waals surface area contributed by atoms with Crippen LogP contribution in [0, 0.1) is 12.8 Å². The first-order chi connectivity index (χ1) is 21.0. The summed E-state index contributed by atoms with van der Waals surface area (Å²) < 4.78 is 10.8. The highest BCUT2D eigenvalue weighted by Gasteiger charge is 2.29. The van der Waals surface area contributed by atoms with E-state index in [2.05, 4.69) is 44.1 Å². The van der Waals surface area contributed by atoms with Gasteiger partial charge in [0.25, 0.3) is 5.91 Å². The summed E-state index contributed by atoms with van der Waals surface area (Å²) >= 11 is 0. The van der Waals surface area contributed by atoms with E-state index in [1.54, 1.807) is 24.4 Å². The number of carbonyl (C=O) groups is 2. The van der Waals surface area contributed by atoms with Crippen molar-refractivity contribution in [2.24, 2.45) is 5.92 Å². The highest BCUT2D eigenvalue weighted by atomic mass is 16.7. The Morgan fingerprint density at radius 2 is 1.77 bits per heavy atom. The highest BCUT2D eigenvalue weighted by Crippen LogP contribution is 2.34. The Kier molecular flexibility index (Phi) is 7.02. The molecule has 218 valence electrons. The van der Waals surface area contributed by atoms with Gasteiger partial charge < -0.3 is 30.3 Å². The third-order valence-corrected chi connectivity index (χ3v) is 8.24. The monoisotopic (exact) mass is 576 g/mol. The predicted octanol–water partition coefficient (Wildman–Crippen LogP) is 5.59. The van der Waals surface area contributed by atoms with Crippen LogP contribution in [0.25, 0.3) is 0 Å². The Bertz CT molecular complexity index is 1720. The molecule has 1 saturated heterocycles. The zero-order valence-electron chi connectivity index (χ0n) is 23.9. The van der Waals surface area contributed by atoms with Gasteiger partial charge in [-0.15, -0.1) is 0 Å². The molecule has 2 amide bonds. The molecule has 43 heavy (non-hydrogen) atoms. The number of nitrogens with zero attached hydrogens (tertiary/aromatic N) is 3. The smallest absolute Gasteiger partial charge is 0.253 e. The molecule has 1 fully saturated rings. The van der Waals surface area contributed by atoms with Crippen LogP contribution in [0.3, 0.4) is 0 Å². The van der Waals surface area contributed by atoms with E-state index in [0.717, 1.165) is 46.8 Å². The molecule has 1 aromatic heterocycles. The van der Waals surface area contributed by atoms with Crippen LogP contribution in [0.1, 0.15) is 39.9 Å². The van der Waals surface area contributed by atoms with Crippen LogP contribution in [-0.2, 0) is 17.6 Å². The van der Waals surface area contributed by atoms with Gasteiger partial charge in [0.15, 0.2) is 11.5 Å². The zero-order valence-corrected chi connectivity index (χ0v) is 23.9. The van der Waals surface area contributed by atoms with Crippen LogP contribution in [0.15, 0.2) is 66.9 Å². The number of hydrogen-bond acceptors (Lipinski definition) is 8. The van der Waals surface area contributed by atoms with E-state index >= 15 is 0 Å². The number of aryl methyl sites for hydroxylation is 3. The summed E-state index contributed by atoms with van der Waals surface area (Å²) in [5.74, 6) is 2.23. The highest BCUT2D eigenvalue weighted by molar-refractivity contribution is 5.96. The van der Waals surface area contributed by atoms with E-state index in [9.17, 15) is 9.59 Å². The maximum atomic E-state index is 13.5. The fourth-order valence-corrected chi connectivity index (χ4v) is 5.77. The van der Waals surface area contributed by atoms with Crippen molar-refractivity contribution in [3.8, 4) is 11.5 Å². The number of rotatable bonds is 3. The van der Waals surface area contributed by atoms with Crippen LogP contribution in [-0.4, -0.2) is 46.6 Å². The van der Waals surface area contributed by atoms with Gasteiger partial charge in [0.2, 0.25) is 18.6 Å². The van der Waals surface area contributed by atoms with E-state index in [1.165, 1.54) is 5.56 Å². The fourth-order valence-electron chi connectivity index (χ4n) is 5.77. The van der Waals surface area contributed by atoms with Gasteiger partial charge in [0.05, 0.1) is 0 Å². The number of likely N-dealkylation sites (tertiary alicyclic amines) is 1. The van der Waals surface area contributed by atoms with E-state index in [-0.39, 0.29) is 24.5 Å². The van der Waals surface area contributed by atoms with Gasteiger partial charge in [-0.1, -0.05) is 12.1 Å². The van der Waals surface area contributed by atoms with Crippen molar-refractivity contribution in [1.82, 2.24) is 14.9 Å². The normalized spacial score (nSPS) is 15.7. The standard InChI is InChI=1S/C33H32N6O4/c1-20-18-34-33-36-25-4-2-3-21(15-25)5-6-23-16-26(35-30(20)38-33)8-9-27(23)37-31(40)22-11-13-39(14-12-22)32(41)24-7-10-28-29(17-24)43-19-42-28/h2-4,7-10,15-18,22H,5-6,11-14,19H2,1H3,(H,37,40)(H2,34,35,36,38). The van der Waals surface area contributed by atoms with E-state index < -0.39 is 0 Å². The summed E-state index contributed by atoms with van der Waals surface area (Å²) in [6.45, 7) is 3.17. The Balaban J connectivity index is 1.06. The van der Waals surface area contributed by atoms with Crippen LogP contribution in [0.5, 0.6) is 11.5 Å². The van der Waals surface area contributed by atoms with Crippen molar-refractivity contribution in [3.63, 3.8) is 0 Å². The van der Waals surface area contributed by atoms with Crippen LogP contribution >= 0.6 is 0 Å². The summed E-state index contributed by atoms with van der Waals surface area (Å²) in [6.07, 6.45) is 4.56. The molecule has 0 atom stereocenters. The number of hydrogen-bond donors (Lipinski definition) is 3. The maximum absolute atomic E-state index is 13.5. The van der Waals surface area contributed by atoms with E-state index in [1.807, 2.05) is 36.1 Å². The first-order valence-electron chi connectivity index (χ1n) is 14.6. The molecular formula is C33H32N6O4. The molecule has 0 radical (unpaired) electrons. The van der Waals surface area contributed by atoms with Crippen molar-refractivity contribution in [2.45, 2.75) is 32.6 Å². The Hall–Kier alpha value is -5.12. The lowest BCUT2D eigenvalue weighted by Gasteiger charge is -2.31. The lowest BCUT2D eigenvalue weighted by molar-refractivity contribution is -0.121. The van der Waals surface area contributed by atoms with Crippen molar-refractivity contribution in [3.05, 3.63) is 89.1 Å². The van der Waals surface area contributed by atoms with Gasteiger partial charge in [-0.25, -0.2) is 4.98 Å². The van der Waals surface area contributed by atoms with E-state index in [4.69, 9.17) is 9.47 Å². The van der Waals surface area contributed by atoms with Crippen LogP contribution in [0.2, 0.25) is 0 Å². The molecule has 0 spiro atoms. The Labute approximate surface area is 249 Å². The lowest BCUT2D eigenvalue weighted by atomic mass is 9.94. The lowest BCUT2D eigenvalue weighted by Crippen LogP contribution is -2.41. The molecule has 10 heteroatoms. The number of aromatic nitrogens is 2. The Morgan fingerprint density at radius 1 is 0.930 bits per heavy atom. The molecule has 0 aliphatic carbocycles. The molecule has 4 aromatic rings. The maximum Gasteiger partial charge on any atom is 0.253 e. The minimum Gasteiger partial charge on any atom is -0.454 e. The van der Waals surface area contributed by atoms with Gasteiger partial charge >= 0.3 is 0 Å². The summed E-state index contributed by atoms with van der Waals surface area (Å²) in [5.41, 5.74) is 6.33. The molecule has 7 rings (SSSR count). The molecule has 3 aromatic carbocycles. The Morgan fingerprint density at radius 3 is 2.65 bits per heavy atom. The summed E-state index contributed by atoms with van der Waals surface area (Å²) in [6, 6.07) is 19.5. The molecule has 0 saturated carbocycles. The van der Waals surface area contributed by atoms with Crippen LogP contribution in [0.4, 0.5) is 28.8 Å². The number of carbonyl (C=O) groups excluding carboxylic acids is 2. The second kappa shape index (κ2) is 11.3. The second-order valence-corrected chi connectivity index (χ2v) is 11.2. The van der Waals surface area contributed by atoms with Crippen LogP contribution < -0.4 is 25.4 Å². The predicted molar refractivity (Wildman–Crippen MR) is 163 cm³/mol. The number of ether oxygens (including phenoxy) is 2. The average molecular weight is 577 g/mol. The SMILES string of the molecule is Cc1cnc2nc1Nc1ccc(NC(=O)C3CCN(C(=O)c4ccc5c(c4)OCO5)CC3)c(c1)CCc1cccc(c1)N2. The molecule has 6 bridgehead atoms. The number of piperidine rings is 1. The minimum atomic E-state index is -0.176. The molecule has 10 nitrogen and oxygen atoms in total.